The van der Waals surface area contributed by atoms with Crippen molar-refractivity contribution in [3.05, 3.63) is 23.0 Å². The van der Waals surface area contributed by atoms with E-state index in [0.29, 0.717) is 34.4 Å². The number of anilines is 1. The number of phenols is 1. The number of rotatable bonds is 5. The zero-order chi connectivity index (χ0) is 19.1. The zero-order valence-corrected chi connectivity index (χ0v) is 15.6. The summed E-state index contributed by atoms with van der Waals surface area (Å²) in [5.41, 5.74) is 0.556. The highest BCUT2D eigenvalue weighted by atomic mass is 32.2. The molecular weight excluding hydrogens is 363 g/mol. The summed E-state index contributed by atoms with van der Waals surface area (Å²) < 4.78 is 41.5. The normalized spacial score (nSPS) is 19.7. The van der Waals surface area contributed by atoms with Gasteiger partial charge in [-0.2, -0.15) is 8.42 Å². The van der Waals surface area contributed by atoms with Crippen molar-refractivity contribution >= 4 is 21.8 Å². The van der Waals surface area contributed by atoms with Crippen molar-refractivity contribution in [3.8, 4) is 5.75 Å². The Kier molecular flexibility index (Phi) is 5.09. The molecular formula is C16H23FN4O4S. The number of aromatic hydroxyl groups is 1. The van der Waals surface area contributed by atoms with Gasteiger partial charge in [-0.1, -0.05) is 13.8 Å². The molecule has 2 aliphatic heterocycles. The quantitative estimate of drug-likeness (QED) is 0.662. The van der Waals surface area contributed by atoms with Crippen LogP contribution in [0.2, 0.25) is 0 Å². The Morgan fingerprint density at radius 3 is 2.73 bits per heavy atom. The smallest absolute Gasteiger partial charge is 0.326 e. The van der Waals surface area contributed by atoms with Gasteiger partial charge in [-0.25, -0.2) is 13.4 Å². The molecule has 0 atom stereocenters. The molecule has 1 amide bonds. The number of carbonyl (C=O) groups is 1. The summed E-state index contributed by atoms with van der Waals surface area (Å²) >= 11 is 0. The fourth-order valence-electron chi connectivity index (χ4n) is 3.28. The van der Waals surface area contributed by atoms with Gasteiger partial charge in [-0.3, -0.25) is 9.69 Å². The van der Waals surface area contributed by atoms with Gasteiger partial charge in [0.25, 0.3) is 5.91 Å². The minimum atomic E-state index is -4.19. The van der Waals surface area contributed by atoms with E-state index in [0.717, 1.165) is 19.6 Å². The molecule has 26 heavy (non-hydrogen) atoms. The number of nitrogens with one attached hydrogen (secondary N) is 2. The molecule has 2 heterocycles. The molecule has 0 aromatic heterocycles. The highest BCUT2D eigenvalue weighted by Gasteiger charge is 2.38. The molecule has 8 nitrogen and oxygen atoms in total. The van der Waals surface area contributed by atoms with Crippen molar-refractivity contribution in [2.24, 2.45) is 0 Å². The molecule has 1 fully saturated rings. The number of hydrogen-bond acceptors (Lipinski definition) is 6. The largest absolute Gasteiger partial charge is 0.506 e. The van der Waals surface area contributed by atoms with E-state index in [9.17, 15) is 18.3 Å². The lowest BCUT2D eigenvalue weighted by atomic mass is 9.97. The van der Waals surface area contributed by atoms with E-state index in [1.807, 2.05) is 13.8 Å². The van der Waals surface area contributed by atoms with Crippen LogP contribution in [-0.4, -0.2) is 56.6 Å². The lowest BCUT2D eigenvalue weighted by molar-refractivity contribution is -0.117. The predicted octanol–water partition coefficient (Wildman–Crippen LogP) is 0.0684. The van der Waals surface area contributed by atoms with Crippen molar-refractivity contribution < 1.29 is 22.7 Å². The molecule has 144 valence electrons. The molecule has 1 saturated heterocycles. The van der Waals surface area contributed by atoms with E-state index in [1.54, 1.807) is 4.72 Å². The lowest BCUT2D eigenvalue weighted by Gasteiger charge is -2.31. The first-order chi connectivity index (χ1) is 12.2. The lowest BCUT2D eigenvalue weighted by Crippen LogP contribution is -2.38. The average molecular weight is 386 g/mol. The average Bonchev–Trinajstić information content (AvgIpc) is 2.80. The summed E-state index contributed by atoms with van der Waals surface area (Å²) in [5.74, 6) is -2.03. The van der Waals surface area contributed by atoms with Gasteiger partial charge in [-0.05, 0) is 18.1 Å². The van der Waals surface area contributed by atoms with Gasteiger partial charge in [0, 0.05) is 37.8 Å². The summed E-state index contributed by atoms with van der Waals surface area (Å²) in [6.45, 7) is 6.09. The van der Waals surface area contributed by atoms with E-state index in [1.165, 1.54) is 6.07 Å². The maximum absolute atomic E-state index is 15.1. The third kappa shape index (κ3) is 3.62. The summed E-state index contributed by atoms with van der Waals surface area (Å²) in [7, 11) is -4.19. The molecule has 3 N–H and O–H groups in total. The number of halogens is 1. The van der Waals surface area contributed by atoms with Crippen molar-refractivity contribution in [1.29, 1.82) is 0 Å². The molecule has 0 bridgehead atoms. The predicted molar refractivity (Wildman–Crippen MR) is 94.6 cm³/mol. The van der Waals surface area contributed by atoms with Crippen molar-refractivity contribution in [3.63, 3.8) is 0 Å². The Hall–Kier alpha value is -1.91. The van der Waals surface area contributed by atoms with Crippen LogP contribution in [0.25, 0.3) is 0 Å². The highest BCUT2D eigenvalue weighted by Crippen LogP contribution is 2.38. The van der Waals surface area contributed by atoms with E-state index in [4.69, 9.17) is 0 Å². The summed E-state index contributed by atoms with van der Waals surface area (Å²) in [4.78, 5) is 13.5. The number of phenolic OH excluding ortho intramolecular Hbond substituents is 1. The molecule has 0 radical (unpaired) electrons. The fraction of sp³-hybridized carbons (Fsp3) is 0.562. The van der Waals surface area contributed by atoms with E-state index in [2.05, 4.69) is 10.2 Å². The number of benzene rings is 1. The molecule has 2 aliphatic rings. The maximum Gasteiger partial charge on any atom is 0.326 e. The van der Waals surface area contributed by atoms with E-state index >= 15 is 4.39 Å². The standard InChI is InChI=1S/C16H23FN4O4S/c1-10(2)18-4-6-20-5-3-11-7-13(22)16(15(17)12(11)8-20)21-9-14(23)19-26(21,24)25/h7,10,18,22H,3-6,8-9H2,1-2H3,(H,19,23). The SMILES string of the molecule is CC(C)NCCN1CCc2cc(O)c(N3CC(=O)NS3(=O)=O)c(F)c2C1. The minimum Gasteiger partial charge on any atom is -0.506 e. The molecule has 0 unspecified atom stereocenters. The van der Waals surface area contributed by atoms with E-state index < -0.39 is 39.9 Å². The number of nitrogens with zero attached hydrogens (tertiary/aromatic N) is 2. The molecule has 10 heteroatoms. The maximum atomic E-state index is 15.1. The second-order valence-electron chi connectivity index (χ2n) is 6.87. The Morgan fingerprint density at radius 1 is 1.38 bits per heavy atom. The number of carbonyl (C=O) groups excluding carboxylic acids is 1. The van der Waals surface area contributed by atoms with Gasteiger partial charge >= 0.3 is 10.2 Å². The monoisotopic (exact) mass is 386 g/mol. The first-order valence-corrected chi connectivity index (χ1v) is 9.95. The van der Waals surface area contributed by atoms with Gasteiger partial charge in [0.2, 0.25) is 0 Å². The van der Waals surface area contributed by atoms with Crippen LogP contribution in [0.15, 0.2) is 6.07 Å². The Morgan fingerprint density at radius 2 is 2.12 bits per heavy atom. The van der Waals surface area contributed by atoms with Gasteiger partial charge < -0.3 is 10.4 Å². The third-order valence-corrected chi connectivity index (χ3v) is 5.92. The van der Waals surface area contributed by atoms with Gasteiger partial charge in [0.1, 0.15) is 18.0 Å². The van der Waals surface area contributed by atoms with Crippen LogP contribution in [0, 0.1) is 5.82 Å². The first kappa shape index (κ1) is 18.9. The van der Waals surface area contributed by atoms with Crippen molar-refractivity contribution in [2.75, 3.05) is 30.5 Å². The third-order valence-electron chi connectivity index (χ3n) is 4.54. The van der Waals surface area contributed by atoms with Crippen LogP contribution < -0.4 is 14.3 Å². The van der Waals surface area contributed by atoms with Crippen LogP contribution in [0.4, 0.5) is 10.1 Å². The molecule has 0 spiro atoms. The Balaban J connectivity index is 1.88. The Bertz CT molecular complexity index is 828. The van der Waals surface area contributed by atoms with Gasteiger partial charge in [0.05, 0.1) is 0 Å². The molecule has 1 aromatic carbocycles. The number of fused-ring (bicyclic) bond motifs is 1. The second-order valence-corrected chi connectivity index (χ2v) is 8.46. The summed E-state index contributed by atoms with van der Waals surface area (Å²) in [5, 5.41) is 13.5. The highest BCUT2D eigenvalue weighted by molar-refractivity contribution is 7.92. The molecule has 0 saturated carbocycles. The minimum absolute atomic E-state index is 0.323. The Labute approximate surface area is 152 Å². The topological polar surface area (TPSA) is 102 Å². The summed E-state index contributed by atoms with van der Waals surface area (Å²) in [6.07, 6.45) is 0.561. The fourth-order valence-corrected chi connectivity index (χ4v) is 4.44. The second kappa shape index (κ2) is 7.01. The van der Waals surface area contributed by atoms with Gasteiger partial charge in [0.15, 0.2) is 5.82 Å². The van der Waals surface area contributed by atoms with Crippen molar-refractivity contribution in [2.45, 2.75) is 32.9 Å². The van der Waals surface area contributed by atoms with Crippen LogP contribution in [-0.2, 0) is 28.0 Å². The first-order valence-electron chi connectivity index (χ1n) is 8.51. The number of amides is 1. The van der Waals surface area contributed by atoms with E-state index in [-0.39, 0.29) is 0 Å². The molecule has 3 rings (SSSR count). The zero-order valence-electron chi connectivity index (χ0n) is 14.7. The number of hydrogen-bond donors (Lipinski definition) is 3. The molecule has 0 aliphatic carbocycles. The van der Waals surface area contributed by atoms with Crippen LogP contribution in [0.5, 0.6) is 5.75 Å². The van der Waals surface area contributed by atoms with Crippen molar-refractivity contribution in [1.82, 2.24) is 14.9 Å². The van der Waals surface area contributed by atoms with Gasteiger partial charge in [-0.15, -0.1) is 0 Å². The summed E-state index contributed by atoms with van der Waals surface area (Å²) in [6, 6.07) is 1.76. The van der Waals surface area contributed by atoms with Crippen LogP contribution >= 0.6 is 0 Å². The molecule has 1 aromatic rings. The van der Waals surface area contributed by atoms with Crippen LogP contribution in [0.1, 0.15) is 25.0 Å². The van der Waals surface area contributed by atoms with Crippen LogP contribution in [0.3, 0.4) is 0 Å².